The van der Waals surface area contributed by atoms with E-state index >= 15 is 0 Å². The number of aryl methyl sites for hydroxylation is 1. The largest absolute Gasteiger partial charge is 0.403 e. The molecule has 2 heterocycles. The van der Waals surface area contributed by atoms with Gasteiger partial charge >= 0.3 is 6.01 Å². The van der Waals surface area contributed by atoms with E-state index in [0.717, 1.165) is 32.5 Å². The van der Waals surface area contributed by atoms with Crippen molar-refractivity contribution in [1.82, 2.24) is 24.7 Å². The van der Waals surface area contributed by atoms with Crippen molar-refractivity contribution in [2.24, 2.45) is 0 Å². The lowest BCUT2D eigenvalue weighted by Crippen LogP contribution is -2.25. The van der Waals surface area contributed by atoms with E-state index in [-0.39, 0.29) is 17.4 Å². The maximum atomic E-state index is 11.7. The molecular formula is C17H27N7O2. The first-order valence-electron chi connectivity index (χ1n) is 9.12. The van der Waals surface area contributed by atoms with Crippen LogP contribution < -0.4 is 20.5 Å². The minimum atomic E-state index is -0.179. The topological polar surface area (TPSA) is 98.1 Å². The molecule has 0 atom stereocenters. The van der Waals surface area contributed by atoms with Gasteiger partial charge in [0.1, 0.15) is 0 Å². The standard InChI is InChI=1S/C17H27N7O2/c1-5-9-12-18-15-19-16(23(6-2)7-3)21-17(20-15)26-13-10-11-14(25)24(8-4)22-13/h10-11H,5-9,12H2,1-4H3,(H,18,19,20,21). The summed E-state index contributed by atoms with van der Waals surface area (Å²) < 4.78 is 7.02. The van der Waals surface area contributed by atoms with Gasteiger partial charge in [0.15, 0.2) is 0 Å². The Kier molecular flexibility index (Phi) is 7.31. The molecule has 0 radical (unpaired) electrons. The van der Waals surface area contributed by atoms with Gasteiger partial charge in [0, 0.05) is 38.3 Å². The van der Waals surface area contributed by atoms with Crippen molar-refractivity contribution in [3.8, 4) is 11.9 Å². The lowest BCUT2D eigenvalue weighted by atomic mass is 10.3. The van der Waals surface area contributed by atoms with Gasteiger partial charge in [-0.2, -0.15) is 15.0 Å². The molecule has 2 aromatic heterocycles. The van der Waals surface area contributed by atoms with Crippen molar-refractivity contribution in [3.05, 3.63) is 22.5 Å². The van der Waals surface area contributed by atoms with Crippen molar-refractivity contribution in [3.63, 3.8) is 0 Å². The summed E-state index contributed by atoms with van der Waals surface area (Å²) in [5.74, 6) is 1.28. The Hall–Kier alpha value is -2.71. The molecule has 0 aliphatic rings. The molecule has 0 aliphatic heterocycles. The van der Waals surface area contributed by atoms with Crippen LogP contribution in [-0.2, 0) is 6.54 Å². The zero-order chi connectivity index (χ0) is 18.9. The second-order valence-corrected chi connectivity index (χ2v) is 5.62. The zero-order valence-corrected chi connectivity index (χ0v) is 15.9. The number of hydrogen-bond donors (Lipinski definition) is 1. The van der Waals surface area contributed by atoms with E-state index in [9.17, 15) is 4.79 Å². The van der Waals surface area contributed by atoms with E-state index in [1.807, 2.05) is 25.7 Å². The molecule has 0 saturated heterocycles. The molecule has 2 rings (SSSR count). The molecule has 0 aromatic carbocycles. The minimum Gasteiger partial charge on any atom is -0.403 e. The van der Waals surface area contributed by atoms with Crippen LogP contribution in [0.5, 0.6) is 11.9 Å². The molecule has 0 spiro atoms. The Morgan fingerprint density at radius 3 is 2.54 bits per heavy atom. The average molecular weight is 361 g/mol. The van der Waals surface area contributed by atoms with Crippen molar-refractivity contribution in [2.45, 2.75) is 47.1 Å². The number of anilines is 2. The molecule has 142 valence electrons. The Morgan fingerprint density at radius 1 is 1.12 bits per heavy atom. The monoisotopic (exact) mass is 361 g/mol. The molecule has 0 amide bonds. The smallest absolute Gasteiger partial charge is 0.330 e. The average Bonchev–Trinajstić information content (AvgIpc) is 2.64. The third-order valence-electron chi connectivity index (χ3n) is 3.80. The van der Waals surface area contributed by atoms with Gasteiger partial charge in [0.05, 0.1) is 0 Å². The van der Waals surface area contributed by atoms with Crippen LogP contribution in [-0.4, -0.2) is 44.4 Å². The van der Waals surface area contributed by atoms with Crippen LogP contribution in [0.25, 0.3) is 0 Å². The van der Waals surface area contributed by atoms with Crippen LogP contribution in [0.15, 0.2) is 16.9 Å². The highest BCUT2D eigenvalue weighted by Gasteiger charge is 2.13. The molecular weight excluding hydrogens is 334 g/mol. The third-order valence-corrected chi connectivity index (χ3v) is 3.80. The molecule has 0 aliphatic carbocycles. The third kappa shape index (κ3) is 5.14. The van der Waals surface area contributed by atoms with Gasteiger partial charge in [0.2, 0.25) is 17.8 Å². The van der Waals surface area contributed by atoms with Crippen molar-refractivity contribution < 1.29 is 4.74 Å². The SMILES string of the molecule is CCCCNc1nc(Oc2ccc(=O)n(CC)n2)nc(N(CC)CC)n1. The number of aromatic nitrogens is 5. The summed E-state index contributed by atoms with van der Waals surface area (Å²) in [5, 5.41) is 7.36. The Labute approximate surface area is 153 Å². The summed E-state index contributed by atoms with van der Waals surface area (Å²) in [6, 6.07) is 3.08. The van der Waals surface area contributed by atoms with E-state index in [1.54, 1.807) is 0 Å². The fraction of sp³-hybridized carbons (Fsp3) is 0.588. The molecule has 0 bridgehead atoms. The maximum Gasteiger partial charge on any atom is 0.330 e. The lowest BCUT2D eigenvalue weighted by Gasteiger charge is -2.19. The van der Waals surface area contributed by atoms with Crippen LogP contribution >= 0.6 is 0 Å². The van der Waals surface area contributed by atoms with E-state index in [4.69, 9.17) is 4.74 Å². The number of unbranched alkanes of at least 4 members (excludes halogenated alkanes) is 1. The molecule has 0 unspecified atom stereocenters. The van der Waals surface area contributed by atoms with Gasteiger partial charge in [-0.1, -0.05) is 13.3 Å². The van der Waals surface area contributed by atoms with Gasteiger partial charge in [-0.05, 0) is 27.2 Å². The molecule has 26 heavy (non-hydrogen) atoms. The molecule has 9 nitrogen and oxygen atoms in total. The van der Waals surface area contributed by atoms with E-state index < -0.39 is 0 Å². The second-order valence-electron chi connectivity index (χ2n) is 5.62. The number of ether oxygens (including phenoxy) is 1. The van der Waals surface area contributed by atoms with E-state index in [0.29, 0.717) is 18.4 Å². The first-order valence-corrected chi connectivity index (χ1v) is 9.12. The van der Waals surface area contributed by atoms with Gasteiger partial charge in [-0.15, -0.1) is 5.10 Å². The van der Waals surface area contributed by atoms with Crippen LogP contribution in [0.2, 0.25) is 0 Å². The predicted molar refractivity (Wildman–Crippen MR) is 101 cm³/mol. The van der Waals surface area contributed by atoms with Gasteiger partial charge in [-0.25, -0.2) is 4.68 Å². The zero-order valence-electron chi connectivity index (χ0n) is 15.9. The summed E-state index contributed by atoms with van der Waals surface area (Å²) in [7, 11) is 0. The second kappa shape index (κ2) is 9.69. The Bertz CT molecular complexity index is 759. The fourth-order valence-corrected chi connectivity index (χ4v) is 2.30. The van der Waals surface area contributed by atoms with Crippen LogP contribution in [0.3, 0.4) is 0 Å². The highest BCUT2D eigenvalue weighted by molar-refractivity contribution is 5.38. The molecule has 0 saturated carbocycles. The predicted octanol–water partition coefficient (Wildman–Crippen LogP) is 2.30. The summed E-state index contributed by atoms with van der Waals surface area (Å²) in [4.78, 5) is 26.9. The van der Waals surface area contributed by atoms with Crippen molar-refractivity contribution in [2.75, 3.05) is 29.9 Å². The van der Waals surface area contributed by atoms with Crippen LogP contribution in [0.4, 0.5) is 11.9 Å². The first-order chi connectivity index (χ1) is 12.6. The number of nitrogens with zero attached hydrogens (tertiary/aromatic N) is 6. The quantitative estimate of drug-likeness (QED) is 0.644. The number of rotatable bonds is 10. The van der Waals surface area contributed by atoms with Gasteiger partial charge < -0.3 is 15.0 Å². The summed E-state index contributed by atoms with van der Waals surface area (Å²) >= 11 is 0. The van der Waals surface area contributed by atoms with E-state index in [1.165, 1.54) is 16.8 Å². The fourth-order valence-electron chi connectivity index (χ4n) is 2.30. The number of hydrogen-bond acceptors (Lipinski definition) is 8. The Balaban J connectivity index is 2.31. The number of nitrogens with one attached hydrogen (secondary N) is 1. The van der Waals surface area contributed by atoms with Crippen LogP contribution in [0, 0.1) is 0 Å². The van der Waals surface area contributed by atoms with Crippen molar-refractivity contribution >= 4 is 11.9 Å². The molecule has 0 fully saturated rings. The minimum absolute atomic E-state index is 0.148. The van der Waals surface area contributed by atoms with Gasteiger partial charge in [0.25, 0.3) is 5.56 Å². The van der Waals surface area contributed by atoms with Crippen molar-refractivity contribution in [1.29, 1.82) is 0 Å². The first kappa shape index (κ1) is 19.6. The summed E-state index contributed by atoms with van der Waals surface area (Å²) in [5.41, 5.74) is -0.179. The Morgan fingerprint density at radius 2 is 1.88 bits per heavy atom. The maximum absolute atomic E-state index is 11.7. The molecule has 1 N–H and O–H groups in total. The molecule has 9 heteroatoms. The molecule has 2 aromatic rings. The summed E-state index contributed by atoms with van der Waals surface area (Å²) in [6.07, 6.45) is 2.10. The van der Waals surface area contributed by atoms with E-state index in [2.05, 4.69) is 32.3 Å². The highest BCUT2D eigenvalue weighted by Crippen LogP contribution is 2.19. The highest BCUT2D eigenvalue weighted by atomic mass is 16.5. The van der Waals surface area contributed by atoms with Crippen LogP contribution in [0.1, 0.15) is 40.5 Å². The summed E-state index contributed by atoms with van der Waals surface area (Å²) in [6.45, 7) is 10.8. The van der Waals surface area contributed by atoms with Gasteiger partial charge in [-0.3, -0.25) is 4.79 Å². The normalized spacial score (nSPS) is 10.6. The lowest BCUT2D eigenvalue weighted by molar-refractivity contribution is 0.401.